The summed E-state index contributed by atoms with van der Waals surface area (Å²) in [5.41, 5.74) is 0.851. The first-order chi connectivity index (χ1) is 12.2. The van der Waals surface area contributed by atoms with Crippen molar-refractivity contribution in [2.75, 3.05) is 0 Å². The average molecular weight is 395 g/mol. The molecule has 2 aromatic rings. The number of carbonyl (C=O) groups is 2. The van der Waals surface area contributed by atoms with Crippen LogP contribution in [0, 0.1) is 5.82 Å². The summed E-state index contributed by atoms with van der Waals surface area (Å²) < 4.78 is 35.6. The van der Waals surface area contributed by atoms with Crippen molar-refractivity contribution < 1.29 is 22.4 Å². The average Bonchev–Trinajstić information content (AvgIpc) is 2.79. The molecule has 1 aliphatic heterocycles. The fraction of sp³-hybridized carbons (Fsp3) is 0.0588. The van der Waals surface area contributed by atoms with E-state index in [-0.39, 0.29) is 22.0 Å². The molecule has 134 valence electrons. The molecule has 2 N–H and O–H groups in total. The quantitative estimate of drug-likeness (QED) is 0.802. The Balaban J connectivity index is 1.86. The van der Waals surface area contributed by atoms with Gasteiger partial charge in [0.2, 0.25) is 10.0 Å². The van der Waals surface area contributed by atoms with Crippen molar-refractivity contribution in [2.24, 2.45) is 5.14 Å². The van der Waals surface area contributed by atoms with Crippen LogP contribution in [0.4, 0.5) is 4.39 Å². The standard InChI is InChI=1S/C17H12ClFN2O4S/c18-15-14(11-3-5-12(19)6-4-11)16(22)21(17(15)23)9-10-1-7-13(8-2-10)26(20,24)25/h1-8H,9H2,(H2,20,24,25). The molecule has 26 heavy (non-hydrogen) atoms. The van der Waals surface area contributed by atoms with E-state index in [0.717, 1.165) is 4.90 Å². The minimum Gasteiger partial charge on any atom is -0.269 e. The summed E-state index contributed by atoms with van der Waals surface area (Å²) in [5, 5.41) is 4.78. The largest absolute Gasteiger partial charge is 0.273 e. The van der Waals surface area contributed by atoms with Crippen LogP contribution in [-0.4, -0.2) is 25.1 Å². The van der Waals surface area contributed by atoms with Crippen LogP contribution in [0.2, 0.25) is 0 Å². The first-order valence-electron chi connectivity index (χ1n) is 7.32. The highest BCUT2D eigenvalue weighted by atomic mass is 35.5. The van der Waals surface area contributed by atoms with Gasteiger partial charge in [-0.25, -0.2) is 17.9 Å². The van der Waals surface area contributed by atoms with Crippen LogP contribution in [0.1, 0.15) is 11.1 Å². The number of hydrogen-bond acceptors (Lipinski definition) is 4. The van der Waals surface area contributed by atoms with E-state index in [2.05, 4.69) is 0 Å². The molecule has 0 saturated carbocycles. The summed E-state index contributed by atoms with van der Waals surface area (Å²) in [7, 11) is -3.83. The zero-order valence-corrected chi connectivity index (χ0v) is 14.7. The monoisotopic (exact) mass is 394 g/mol. The van der Waals surface area contributed by atoms with Crippen LogP contribution in [0.15, 0.2) is 58.5 Å². The van der Waals surface area contributed by atoms with E-state index in [0.29, 0.717) is 11.1 Å². The topological polar surface area (TPSA) is 97.5 Å². The fourth-order valence-corrected chi connectivity index (χ4v) is 3.33. The number of sulfonamides is 1. The lowest BCUT2D eigenvalue weighted by molar-refractivity contribution is -0.137. The minimum absolute atomic E-state index is 0.00202. The third-order valence-electron chi connectivity index (χ3n) is 3.84. The van der Waals surface area contributed by atoms with Gasteiger partial charge in [-0.05, 0) is 35.4 Å². The van der Waals surface area contributed by atoms with Crippen molar-refractivity contribution in [3.05, 3.63) is 70.5 Å². The van der Waals surface area contributed by atoms with E-state index in [1.807, 2.05) is 0 Å². The third-order valence-corrected chi connectivity index (χ3v) is 5.12. The highest BCUT2D eigenvalue weighted by Gasteiger charge is 2.38. The molecule has 0 atom stereocenters. The van der Waals surface area contributed by atoms with E-state index >= 15 is 0 Å². The lowest BCUT2D eigenvalue weighted by Crippen LogP contribution is -2.30. The van der Waals surface area contributed by atoms with Gasteiger partial charge < -0.3 is 0 Å². The van der Waals surface area contributed by atoms with Gasteiger partial charge in [0.1, 0.15) is 10.8 Å². The molecule has 0 spiro atoms. The maximum Gasteiger partial charge on any atom is 0.273 e. The first-order valence-corrected chi connectivity index (χ1v) is 9.24. The maximum atomic E-state index is 13.1. The minimum atomic E-state index is -3.83. The predicted molar refractivity (Wildman–Crippen MR) is 92.5 cm³/mol. The van der Waals surface area contributed by atoms with Crippen molar-refractivity contribution in [3.63, 3.8) is 0 Å². The van der Waals surface area contributed by atoms with Gasteiger partial charge in [-0.2, -0.15) is 0 Å². The number of primary sulfonamides is 1. The van der Waals surface area contributed by atoms with Gasteiger partial charge in [-0.3, -0.25) is 14.5 Å². The lowest BCUT2D eigenvalue weighted by atomic mass is 10.1. The van der Waals surface area contributed by atoms with Gasteiger partial charge in [0, 0.05) is 0 Å². The molecule has 2 amide bonds. The van der Waals surface area contributed by atoms with E-state index in [4.69, 9.17) is 16.7 Å². The summed E-state index contributed by atoms with van der Waals surface area (Å²) in [6.45, 7) is -0.0938. The summed E-state index contributed by atoms with van der Waals surface area (Å²) in [6, 6.07) is 10.5. The number of nitrogens with two attached hydrogens (primary N) is 1. The zero-order valence-electron chi connectivity index (χ0n) is 13.1. The Bertz CT molecular complexity index is 1030. The number of halogens is 2. The molecule has 9 heteroatoms. The second-order valence-electron chi connectivity index (χ2n) is 5.58. The molecule has 0 radical (unpaired) electrons. The normalized spacial score (nSPS) is 15.1. The zero-order chi connectivity index (χ0) is 19.1. The van der Waals surface area contributed by atoms with Crippen molar-refractivity contribution >= 4 is 39.0 Å². The maximum absolute atomic E-state index is 13.1. The molecule has 1 aliphatic rings. The molecular formula is C17H12ClFN2O4S. The van der Waals surface area contributed by atoms with Crippen LogP contribution in [0.3, 0.4) is 0 Å². The van der Waals surface area contributed by atoms with Crippen molar-refractivity contribution in [3.8, 4) is 0 Å². The predicted octanol–water partition coefficient (Wildman–Crippen LogP) is 1.99. The number of imide groups is 1. The van der Waals surface area contributed by atoms with Crippen LogP contribution in [0.5, 0.6) is 0 Å². The smallest absolute Gasteiger partial charge is 0.269 e. The molecule has 3 rings (SSSR count). The van der Waals surface area contributed by atoms with Crippen molar-refractivity contribution in [1.82, 2.24) is 4.90 Å². The van der Waals surface area contributed by atoms with Crippen LogP contribution < -0.4 is 5.14 Å². The first kappa shape index (κ1) is 18.2. The fourth-order valence-electron chi connectivity index (χ4n) is 2.52. The summed E-state index contributed by atoms with van der Waals surface area (Å²) in [6.07, 6.45) is 0. The second kappa shape index (κ2) is 6.64. The molecule has 0 unspecified atom stereocenters. The number of benzene rings is 2. The lowest BCUT2D eigenvalue weighted by Gasteiger charge is -2.15. The van der Waals surface area contributed by atoms with Gasteiger partial charge in [-0.1, -0.05) is 35.9 Å². The Morgan fingerprint density at radius 2 is 1.54 bits per heavy atom. The number of nitrogens with zero attached hydrogens (tertiary/aromatic N) is 1. The van der Waals surface area contributed by atoms with E-state index < -0.39 is 27.7 Å². The SMILES string of the molecule is NS(=O)(=O)c1ccc(CN2C(=O)C(Cl)=C(c3ccc(F)cc3)C2=O)cc1. The van der Waals surface area contributed by atoms with Crippen molar-refractivity contribution in [2.45, 2.75) is 11.4 Å². The Morgan fingerprint density at radius 1 is 0.962 bits per heavy atom. The molecule has 1 heterocycles. The Kier molecular flexibility index (Phi) is 4.66. The van der Waals surface area contributed by atoms with Crippen LogP contribution >= 0.6 is 11.6 Å². The number of hydrogen-bond donors (Lipinski definition) is 1. The number of carbonyl (C=O) groups excluding carboxylic acids is 2. The number of amides is 2. The summed E-state index contributed by atoms with van der Waals surface area (Å²) in [4.78, 5) is 25.8. The summed E-state index contributed by atoms with van der Waals surface area (Å²) in [5.74, 6) is -1.76. The van der Waals surface area contributed by atoms with E-state index in [1.165, 1.54) is 48.5 Å². The van der Waals surface area contributed by atoms with Crippen molar-refractivity contribution in [1.29, 1.82) is 0 Å². The molecule has 0 saturated heterocycles. The molecule has 0 fully saturated rings. The molecule has 0 aliphatic carbocycles. The van der Waals surface area contributed by atoms with Gasteiger partial charge in [-0.15, -0.1) is 0 Å². The van der Waals surface area contributed by atoms with Crippen LogP contribution in [-0.2, 0) is 26.2 Å². The Hall–Kier alpha value is -2.55. The van der Waals surface area contributed by atoms with Gasteiger partial charge in [0.05, 0.1) is 17.0 Å². The molecule has 0 aromatic heterocycles. The van der Waals surface area contributed by atoms with E-state index in [9.17, 15) is 22.4 Å². The Morgan fingerprint density at radius 3 is 2.08 bits per heavy atom. The van der Waals surface area contributed by atoms with Gasteiger partial charge in [0.25, 0.3) is 11.8 Å². The highest BCUT2D eigenvalue weighted by Crippen LogP contribution is 2.32. The highest BCUT2D eigenvalue weighted by molar-refractivity contribution is 7.89. The van der Waals surface area contributed by atoms with E-state index in [1.54, 1.807) is 0 Å². The Labute approximate surface area is 153 Å². The molecular weight excluding hydrogens is 383 g/mol. The molecule has 2 aromatic carbocycles. The molecule has 0 bridgehead atoms. The van der Waals surface area contributed by atoms with Crippen LogP contribution in [0.25, 0.3) is 5.57 Å². The van der Waals surface area contributed by atoms with Gasteiger partial charge >= 0.3 is 0 Å². The second-order valence-corrected chi connectivity index (χ2v) is 7.52. The third kappa shape index (κ3) is 3.39. The molecule has 6 nitrogen and oxygen atoms in total. The number of rotatable bonds is 4. The summed E-state index contributed by atoms with van der Waals surface area (Å²) >= 11 is 6.02. The van der Waals surface area contributed by atoms with Gasteiger partial charge in [0.15, 0.2) is 0 Å².